The van der Waals surface area contributed by atoms with Crippen LogP contribution >= 0.6 is 0 Å². The lowest BCUT2D eigenvalue weighted by atomic mass is 9.67. The predicted molar refractivity (Wildman–Crippen MR) is 124 cm³/mol. The molecule has 0 radical (unpaired) electrons. The fraction of sp³-hybridized carbons (Fsp3) is 0.423. The number of amides is 2. The molecule has 3 aliphatic rings. The molecule has 2 aliphatic heterocycles. The van der Waals surface area contributed by atoms with E-state index in [1.807, 2.05) is 42.5 Å². The summed E-state index contributed by atoms with van der Waals surface area (Å²) in [7, 11) is 3.32. The molecule has 7 nitrogen and oxygen atoms in total. The van der Waals surface area contributed by atoms with E-state index in [1.54, 1.807) is 26.0 Å². The molecule has 0 aromatic heterocycles. The smallest absolute Gasteiger partial charge is 0.263 e. The van der Waals surface area contributed by atoms with Crippen molar-refractivity contribution in [3.05, 3.63) is 53.6 Å². The lowest BCUT2D eigenvalue weighted by Crippen LogP contribution is -2.71. The van der Waals surface area contributed by atoms with Crippen molar-refractivity contribution in [2.75, 3.05) is 19.1 Å². The second kappa shape index (κ2) is 7.98. The van der Waals surface area contributed by atoms with E-state index in [1.165, 1.54) is 0 Å². The number of likely N-dealkylation sites (N-methyl/N-ethyl adjacent to an activating group) is 1. The molecule has 2 fully saturated rings. The van der Waals surface area contributed by atoms with Gasteiger partial charge in [-0.3, -0.25) is 9.59 Å². The van der Waals surface area contributed by atoms with Gasteiger partial charge < -0.3 is 20.3 Å². The van der Waals surface area contributed by atoms with Crippen LogP contribution in [0.2, 0.25) is 0 Å². The highest BCUT2D eigenvalue weighted by Crippen LogP contribution is 2.43. The zero-order valence-electron chi connectivity index (χ0n) is 19.1. The Kier molecular flexibility index (Phi) is 5.23. The van der Waals surface area contributed by atoms with Gasteiger partial charge in [0.25, 0.3) is 5.91 Å². The van der Waals surface area contributed by atoms with Crippen LogP contribution in [-0.4, -0.2) is 44.1 Å². The van der Waals surface area contributed by atoms with E-state index in [2.05, 4.69) is 16.7 Å². The maximum atomic E-state index is 12.7. The lowest BCUT2D eigenvalue weighted by molar-refractivity contribution is -0.137. The number of piperidine rings is 1. The Morgan fingerprint density at radius 3 is 2.58 bits per heavy atom. The Bertz CT molecular complexity index is 1160. The number of anilines is 1. The average Bonchev–Trinajstić information content (AvgIpc) is 3.01. The lowest BCUT2D eigenvalue weighted by Gasteiger charge is -2.53. The van der Waals surface area contributed by atoms with E-state index in [9.17, 15) is 14.9 Å². The quantitative estimate of drug-likeness (QED) is 0.714. The van der Waals surface area contributed by atoms with E-state index < -0.39 is 11.6 Å². The number of carbonyl (C=O) groups excluding carboxylic acids is 2. The summed E-state index contributed by atoms with van der Waals surface area (Å²) >= 11 is 0. The molecule has 0 bridgehead atoms. The van der Waals surface area contributed by atoms with Crippen LogP contribution in [0, 0.1) is 17.2 Å². The Labute approximate surface area is 193 Å². The maximum absolute atomic E-state index is 12.7. The third kappa shape index (κ3) is 3.41. The Balaban J connectivity index is 1.27. The number of fused-ring (bicyclic) bond motifs is 2. The van der Waals surface area contributed by atoms with Gasteiger partial charge in [-0.25, -0.2) is 0 Å². The van der Waals surface area contributed by atoms with Gasteiger partial charge in [-0.2, -0.15) is 5.26 Å². The molecule has 5 rings (SSSR count). The van der Waals surface area contributed by atoms with Gasteiger partial charge >= 0.3 is 0 Å². The number of carbonyl (C=O) groups is 2. The highest BCUT2D eigenvalue weighted by atomic mass is 16.5. The first-order valence-corrected chi connectivity index (χ1v) is 11.4. The van der Waals surface area contributed by atoms with Crippen molar-refractivity contribution in [3.8, 4) is 17.2 Å². The van der Waals surface area contributed by atoms with Crippen molar-refractivity contribution in [2.24, 2.45) is 5.92 Å². The van der Waals surface area contributed by atoms with Gasteiger partial charge in [0, 0.05) is 32.2 Å². The van der Waals surface area contributed by atoms with Crippen molar-refractivity contribution in [3.63, 3.8) is 0 Å². The molecule has 33 heavy (non-hydrogen) atoms. The molecular formula is C26H28N4O3. The zero-order chi connectivity index (χ0) is 23.3. The fourth-order valence-electron chi connectivity index (χ4n) is 5.23. The van der Waals surface area contributed by atoms with Gasteiger partial charge in [0.1, 0.15) is 6.04 Å². The number of nitrogens with one attached hydrogen (secondary N) is 2. The second-order valence-corrected chi connectivity index (χ2v) is 9.42. The minimum Gasteiger partial charge on any atom is -0.364 e. The van der Waals surface area contributed by atoms with Crippen LogP contribution in [0.3, 0.4) is 0 Å². The first-order chi connectivity index (χ1) is 15.9. The number of benzene rings is 2. The van der Waals surface area contributed by atoms with E-state index in [4.69, 9.17) is 4.74 Å². The number of methoxy groups -OCH3 is 1. The van der Waals surface area contributed by atoms with Crippen molar-refractivity contribution in [1.29, 1.82) is 5.26 Å². The zero-order valence-corrected chi connectivity index (χ0v) is 19.1. The molecular weight excluding hydrogens is 416 g/mol. The van der Waals surface area contributed by atoms with Gasteiger partial charge in [-0.15, -0.1) is 0 Å². The summed E-state index contributed by atoms with van der Waals surface area (Å²) in [6.07, 6.45) is 2.69. The van der Waals surface area contributed by atoms with Crippen molar-refractivity contribution < 1.29 is 14.3 Å². The summed E-state index contributed by atoms with van der Waals surface area (Å²) in [5.41, 5.74) is 3.74. The van der Waals surface area contributed by atoms with Crippen molar-refractivity contribution >= 4 is 17.5 Å². The highest BCUT2D eigenvalue weighted by Gasteiger charge is 2.50. The number of hydrogen-bond acceptors (Lipinski definition) is 5. The van der Waals surface area contributed by atoms with Crippen LogP contribution in [0.15, 0.2) is 42.5 Å². The van der Waals surface area contributed by atoms with Gasteiger partial charge in [-0.05, 0) is 48.4 Å². The summed E-state index contributed by atoms with van der Waals surface area (Å²) in [5, 5.41) is 15.7. The Morgan fingerprint density at radius 1 is 1.27 bits per heavy atom. The fourth-order valence-corrected chi connectivity index (χ4v) is 5.23. The molecule has 2 aromatic carbocycles. The number of hydrogen-bond donors (Lipinski definition) is 2. The molecule has 1 saturated carbocycles. The highest BCUT2D eigenvalue weighted by molar-refractivity contribution is 6.07. The molecule has 1 aliphatic carbocycles. The van der Waals surface area contributed by atoms with Crippen LogP contribution in [0.4, 0.5) is 5.69 Å². The molecule has 2 aromatic rings. The molecule has 2 amide bonds. The summed E-state index contributed by atoms with van der Waals surface area (Å²) in [6, 6.07) is 15.9. The molecule has 2 unspecified atom stereocenters. The Hall–Kier alpha value is -3.21. The normalized spacial score (nSPS) is 28.1. The first-order valence-electron chi connectivity index (χ1n) is 11.4. The molecule has 7 heteroatoms. The monoisotopic (exact) mass is 444 g/mol. The SMILES string of the molecule is COC1(C)C(=O)N(C)c2cc(-c3ccc(C[C@@H](C#N)NC(=O)[C@H]4N[C@@H]5CCC45)cc3)ccc21. The molecule has 1 saturated heterocycles. The summed E-state index contributed by atoms with van der Waals surface area (Å²) < 4.78 is 5.53. The number of rotatable bonds is 6. The number of nitriles is 1. The molecule has 170 valence electrons. The van der Waals surface area contributed by atoms with Crippen LogP contribution < -0.4 is 15.5 Å². The maximum Gasteiger partial charge on any atom is 0.263 e. The number of ether oxygens (including phenoxy) is 1. The summed E-state index contributed by atoms with van der Waals surface area (Å²) in [5.74, 6) is 0.285. The van der Waals surface area contributed by atoms with Gasteiger partial charge in [-0.1, -0.05) is 36.4 Å². The van der Waals surface area contributed by atoms with Crippen LogP contribution in [-0.2, 0) is 26.3 Å². The predicted octanol–water partition coefficient (Wildman–Crippen LogP) is 2.49. The average molecular weight is 445 g/mol. The van der Waals surface area contributed by atoms with Crippen LogP contribution in [0.1, 0.15) is 30.9 Å². The molecule has 2 N–H and O–H groups in total. The topological polar surface area (TPSA) is 94.5 Å². The minimum absolute atomic E-state index is 0.0704. The van der Waals surface area contributed by atoms with Gasteiger partial charge in [0.2, 0.25) is 5.91 Å². The van der Waals surface area contributed by atoms with Gasteiger partial charge in [0.15, 0.2) is 5.60 Å². The van der Waals surface area contributed by atoms with Crippen LogP contribution in [0.25, 0.3) is 11.1 Å². The van der Waals surface area contributed by atoms with Crippen molar-refractivity contribution in [1.82, 2.24) is 10.6 Å². The van der Waals surface area contributed by atoms with E-state index in [-0.39, 0.29) is 17.9 Å². The van der Waals surface area contributed by atoms with E-state index in [0.717, 1.165) is 40.8 Å². The third-order valence-electron chi connectivity index (χ3n) is 7.63. The standard InChI is InChI=1S/C26H28N4O3/c1-26(33-3)20-10-8-17(13-22(20)30(2)25(26)32)16-6-4-15(5-7-16)12-18(14-27)28-24(31)23-19-9-11-21(19)29-23/h4-8,10,13,18-19,21,23,29H,9,11-12H2,1-3H3,(H,28,31)/t18-,19?,21+,23-,26?/m0/s1. The molecule has 2 heterocycles. The third-order valence-corrected chi connectivity index (χ3v) is 7.63. The Morgan fingerprint density at radius 2 is 2.00 bits per heavy atom. The largest absolute Gasteiger partial charge is 0.364 e. The molecule has 0 spiro atoms. The van der Waals surface area contributed by atoms with E-state index >= 15 is 0 Å². The first kappa shape index (κ1) is 21.6. The van der Waals surface area contributed by atoms with Crippen LogP contribution in [0.5, 0.6) is 0 Å². The summed E-state index contributed by atoms with van der Waals surface area (Å²) in [6.45, 7) is 1.79. The summed E-state index contributed by atoms with van der Waals surface area (Å²) in [4.78, 5) is 26.8. The minimum atomic E-state index is -0.961. The number of nitrogens with zero attached hydrogens (tertiary/aromatic N) is 2. The van der Waals surface area contributed by atoms with E-state index in [0.29, 0.717) is 18.4 Å². The van der Waals surface area contributed by atoms with Crippen molar-refractivity contribution in [2.45, 2.75) is 49.9 Å². The van der Waals surface area contributed by atoms with Gasteiger partial charge in [0.05, 0.1) is 17.8 Å². The molecule has 5 atom stereocenters. The second-order valence-electron chi connectivity index (χ2n) is 9.42.